The highest BCUT2D eigenvalue weighted by Crippen LogP contribution is 2.22. The van der Waals surface area contributed by atoms with Gasteiger partial charge in [0.25, 0.3) is 0 Å². The van der Waals surface area contributed by atoms with Crippen LogP contribution in [-0.2, 0) is 0 Å². The molecule has 3 nitrogen and oxygen atoms in total. The Kier molecular flexibility index (Phi) is 2.28. The number of nitrogens with one attached hydrogen (secondary N) is 1. The molecule has 0 unspecified atom stereocenters. The molecule has 2 aromatic rings. The molecule has 0 atom stereocenters. The van der Waals surface area contributed by atoms with E-state index in [0.717, 1.165) is 16.8 Å². The van der Waals surface area contributed by atoms with Crippen molar-refractivity contribution in [3.63, 3.8) is 0 Å². The van der Waals surface area contributed by atoms with E-state index >= 15 is 0 Å². The zero-order chi connectivity index (χ0) is 9.97. The number of nitrogens with two attached hydrogens (primary N) is 1. The minimum Gasteiger partial charge on any atom is -0.384 e. The van der Waals surface area contributed by atoms with Crippen molar-refractivity contribution in [2.75, 3.05) is 0 Å². The van der Waals surface area contributed by atoms with E-state index in [1.807, 2.05) is 35.7 Å². The van der Waals surface area contributed by atoms with Gasteiger partial charge in [-0.2, -0.15) is 4.37 Å². The Hall–Kier alpha value is -1.68. The zero-order valence-electron chi connectivity index (χ0n) is 7.40. The third-order valence-corrected chi connectivity index (χ3v) is 2.49. The number of nitrogens with zero attached hydrogens (tertiary/aromatic N) is 1. The summed E-state index contributed by atoms with van der Waals surface area (Å²) in [5, 5.41) is 9.34. The summed E-state index contributed by atoms with van der Waals surface area (Å²) in [6, 6.07) is 9.46. The average molecular weight is 203 g/mol. The molecule has 0 aliphatic heterocycles. The summed E-state index contributed by atoms with van der Waals surface area (Å²) in [6.07, 6.45) is 0. The molecule has 1 heterocycles. The SMILES string of the molecule is N=C(N)c1ccccc1-c1ccsn1. The fraction of sp³-hybridized carbons (Fsp3) is 0. The number of rotatable bonds is 2. The molecule has 1 aromatic heterocycles. The summed E-state index contributed by atoms with van der Waals surface area (Å²) in [7, 11) is 0. The first-order valence-corrected chi connectivity index (χ1v) is 4.97. The maximum absolute atomic E-state index is 7.43. The van der Waals surface area contributed by atoms with E-state index in [4.69, 9.17) is 11.1 Å². The second-order valence-electron chi connectivity index (χ2n) is 2.84. The molecule has 0 spiro atoms. The minimum absolute atomic E-state index is 0.0774. The molecule has 0 amide bonds. The summed E-state index contributed by atoms with van der Waals surface area (Å²) in [5.41, 5.74) is 8.01. The molecular formula is C10H9N3S. The summed E-state index contributed by atoms with van der Waals surface area (Å²) >= 11 is 1.39. The van der Waals surface area contributed by atoms with E-state index in [9.17, 15) is 0 Å². The molecule has 70 valence electrons. The summed E-state index contributed by atoms with van der Waals surface area (Å²) in [5.74, 6) is 0.0774. The standard InChI is InChI=1S/C10H9N3S/c11-10(12)8-4-2-1-3-7(8)9-5-6-14-13-9/h1-6H,(H3,11,12). The van der Waals surface area contributed by atoms with Crippen LogP contribution in [0.3, 0.4) is 0 Å². The van der Waals surface area contributed by atoms with E-state index in [-0.39, 0.29) is 5.84 Å². The van der Waals surface area contributed by atoms with Crippen LogP contribution in [0.2, 0.25) is 0 Å². The third kappa shape index (κ3) is 1.52. The molecule has 0 radical (unpaired) electrons. The fourth-order valence-electron chi connectivity index (χ4n) is 1.29. The summed E-state index contributed by atoms with van der Waals surface area (Å²) in [6.45, 7) is 0. The van der Waals surface area contributed by atoms with Crippen molar-refractivity contribution in [3.05, 3.63) is 41.3 Å². The Morgan fingerprint density at radius 3 is 2.71 bits per heavy atom. The van der Waals surface area contributed by atoms with Gasteiger partial charge in [0.1, 0.15) is 5.84 Å². The highest BCUT2D eigenvalue weighted by atomic mass is 32.1. The molecule has 0 aliphatic carbocycles. The van der Waals surface area contributed by atoms with Crippen molar-refractivity contribution in [1.29, 1.82) is 5.41 Å². The van der Waals surface area contributed by atoms with Crippen molar-refractivity contribution in [2.45, 2.75) is 0 Å². The molecule has 0 saturated heterocycles. The lowest BCUT2D eigenvalue weighted by atomic mass is 10.0. The summed E-state index contributed by atoms with van der Waals surface area (Å²) in [4.78, 5) is 0. The maximum atomic E-state index is 7.43. The largest absolute Gasteiger partial charge is 0.384 e. The topological polar surface area (TPSA) is 62.8 Å². The van der Waals surface area contributed by atoms with Crippen LogP contribution in [0.4, 0.5) is 0 Å². The lowest BCUT2D eigenvalue weighted by Gasteiger charge is -2.04. The van der Waals surface area contributed by atoms with Crippen LogP contribution < -0.4 is 5.73 Å². The Labute approximate surface area is 85.9 Å². The zero-order valence-corrected chi connectivity index (χ0v) is 8.21. The van der Waals surface area contributed by atoms with Crippen LogP contribution in [0.5, 0.6) is 0 Å². The van der Waals surface area contributed by atoms with E-state index in [2.05, 4.69) is 4.37 Å². The van der Waals surface area contributed by atoms with Gasteiger partial charge in [-0.3, -0.25) is 5.41 Å². The van der Waals surface area contributed by atoms with E-state index in [0.29, 0.717) is 0 Å². The van der Waals surface area contributed by atoms with E-state index in [1.165, 1.54) is 11.5 Å². The number of hydrogen-bond donors (Lipinski definition) is 2. The monoisotopic (exact) mass is 203 g/mol. The van der Waals surface area contributed by atoms with Crippen molar-refractivity contribution in [3.8, 4) is 11.3 Å². The predicted molar refractivity (Wildman–Crippen MR) is 58.6 cm³/mol. The predicted octanol–water partition coefficient (Wildman–Crippen LogP) is 2.09. The van der Waals surface area contributed by atoms with Crippen LogP contribution in [0.25, 0.3) is 11.3 Å². The van der Waals surface area contributed by atoms with Crippen LogP contribution >= 0.6 is 11.5 Å². The maximum Gasteiger partial charge on any atom is 0.123 e. The Balaban J connectivity index is 2.58. The number of amidine groups is 1. The Morgan fingerprint density at radius 1 is 1.29 bits per heavy atom. The molecule has 1 aromatic carbocycles. The molecule has 0 saturated carbocycles. The van der Waals surface area contributed by atoms with Gasteiger partial charge in [-0.05, 0) is 17.6 Å². The van der Waals surface area contributed by atoms with Crippen LogP contribution in [0.1, 0.15) is 5.56 Å². The number of hydrogen-bond acceptors (Lipinski definition) is 3. The van der Waals surface area contributed by atoms with Gasteiger partial charge in [-0.15, -0.1) is 0 Å². The minimum atomic E-state index is 0.0774. The van der Waals surface area contributed by atoms with Crippen molar-refractivity contribution >= 4 is 17.4 Å². The molecule has 0 bridgehead atoms. The van der Waals surface area contributed by atoms with Gasteiger partial charge in [0.2, 0.25) is 0 Å². The van der Waals surface area contributed by atoms with Crippen molar-refractivity contribution in [2.24, 2.45) is 5.73 Å². The highest BCUT2D eigenvalue weighted by molar-refractivity contribution is 7.03. The van der Waals surface area contributed by atoms with Gasteiger partial charge in [0.05, 0.1) is 5.69 Å². The molecule has 14 heavy (non-hydrogen) atoms. The smallest absolute Gasteiger partial charge is 0.123 e. The Bertz CT molecular complexity index is 448. The molecular weight excluding hydrogens is 194 g/mol. The highest BCUT2D eigenvalue weighted by Gasteiger charge is 2.07. The van der Waals surface area contributed by atoms with Crippen molar-refractivity contribution in [1.82, 2.24) is 4.37 Å². The lowest BCUT2D eigenvalue weighted by Crippen LogP contribution is -2.12. The average Bonchev–Trinajstić information content (AvgIpc) is 2.70. The van der Waals surface area contributed by atoms with Crippen LogP contribution in [-0.4, -0.2) is 10.2 Å². The molecule has 0 aliphatic rings. The van der Waals surface area contributed by atoms with Gasteiger partial charge < -0.3 is 5.73 Å². The first kappa shape index (κ1) is 8.90. The van der Waals surface area contributed by atoms with Crippen LogP contribution in [0.15, 0.2) is 35.7 Å². The van der Waals surface area contributed by atoms with Gasteiger partial charge in [0, 0.05) is 16.5 Å². The molecule has 4 heteroatoms. The second-order valence-corrected chi connectivity index (χ2v) is 3.51. The Morgan fingerprint density at radius 2 is 2.07 bits per heavy atom. The quantitative estimate of drug-likeness (QED) is 0.580. The summed E-state index contributed by atoms with van der Waals surface area (Å²) < 4.78 is 4.22. The fourth-order valence-corrected chi connectivity index (χ4v) is 1.82. The van der Waals surface area contributed by atoms with E-state index in [1.54, 1.807) is 0 Å². The second kappa shape index (κ2) is 3.59. The molecule has 2 rings (SSSR count). The normalized spacial score (nSPS) is 10.0. The van der Waals surface area contributed by atoms with E-state index < -0.39 is 0 Å². The van der Waals surface area contributed by atoms with Gasteiger partial charge in [0.15, 0.2) is 0 Å². The van der Waals surface area contributed by atoms with Gasteiger partial charge >= 0.3 is 0 Å². The lowest BCUT2D eigenvalue weighted by molar-refractivity contribution is 1.41. The van der Waals surface area contributed by atoms with Crippen molar-refractivity contribution < 1.29 is 0 Å². The number of aromatic nitrogens is 1. The first-order valence-electron chi connectivity index (χ1n) is 4.13. The van der Waals surface area contributed by atoms with Crippen LogP contribution in [0, 0.1) is 5.41 Å². The van der Waals surface area contributed by atoms with Gasteiger partial charge in [-0.25, -0.2) is 0 Å². The van der Waals surface area contributed by atoms with Gasteiger partial charge in [-0.1, -0.05) is 24.3 Å². The first-order chi connectivity index (χ1) is 6.79. The third-order valence-electron chi connectivity index (χ3n) is 1.93. The number of benzene rings is 1. The molecule has 0 fully saturated rings. The molecule has 3 N–H and O–H groups in total. The number of nitrogen functional groups attached to an aromatic ring is 1.